The highest BCUT2D eigenvalue weighted by Gasteiger charge is 2.12. The SMILES string of the molecule is O=c1[nH]c2ccc(Nc3nc(Nc4ccc5[nH]c(=O)[nH]c5c4)nc(Nc4ccc(O)cc4O)n3)cc2[nH]1. The van der Waals surface area contributed by atoms with E-state index in [0.29, 0.717) is 33.4 Å². The second kappa shape index (κ2) is 8.46. The molecule has 3 aromatic heterocycles. The summed E-state index contributed by atoms with van der Waals surface area (Å²) in [6.07, 6.45) is 0. The van der Waals surface area contributed by atoms with Crippen LogP contribution in [0.3, 0.4) is 0 Å². The minimum Gasteiger partial charge on any atom is -0.508 e. The summed E-state index contributed by atoms with van der Waals surface area (Å²) in [5.74, 6) is 0.111. The summed E-state index contributed by atoms with van der Waals surface area (Å²) in [7, 11) is 0. The van der Waals surface area contributed by atoms with Crippen LogP contribution in [0.2, 0.25) is 0 Å². The lowest BCUT2D eigenvalue weighted by Crippen LogP contribution is -2.07. The van der Waals surface area contributed by atoms with Crippen molar-refractivity contribution in [2.75, 3.05) is 16.0 Å². The van der Waals surface area contributed by atoms with E-state index >= 15 is 0 Å². The topological polar surface area (TPSA) is 213 Å². The molecule has 0 fully saturated rings. The van der Waals surface area contributed by atoms with Gasteiger partial charge in [-0.15, -0.1) is 0 Å². The summed E-state index contributed by atoms with van der Waals surface area (Å²) in [5.41, 5.74) is 3.33. The van der Waals surface area contributed by atoms with Gasteiger partial charge in [-0.1, -0.05) is 0 Å². The first-order chi connectivity index (χ1) is 17.9. The largest absolute Gasteiger partial charge is 0.508 e. The summed E-state index contributed by atoms with van der Waals surface area (Å²) >= 11 is 0. The van der Waals surface area contributed by atoms with E-state index < -0.39 is 0 Å². The number of H-pyrrole nitrogens is 4. The zero-order valence-electron chi connectivity index (χ0n) is 18.7. The highest BCUT2D eigenvalue weighted by Crippen LogP contribution is 2.30. The number of aromatic amines is 4. The maximum absolute atomic E-state index is 11.6. The minimum atomic E-state index is -0.320. The molecule has 0 unspecified atom stereocenters. The molecule has 0 saturated carbocycles. The Hall–Kier alpha value is -5.79. The van der Waals surface area contributed by atoms with Crippen molar-refractivity contribution in [1.82, 2.24) is 34.9 Å². The summed E-state index contributed by atoms with van der Waals surface area (Å²) in [5, 5.41) is 28.8. The average molecular weight is 498 g/mol. The van der Waals surface area contributed by atoms with Gasteiger partial charge in [-0.25, -0.2) is 9.59 Å². The van der Waals surface area contributed by atoms with E-state index in [0.717, 1.165) is 0 Å². The zero-order chi connectivity index (χ0) is 25.5. The Morgan fingerprint density at radius 2 is 1.05 bits per heavy atom. The molecular formula is C23H18N10O4. The molecule has 0 aliphatic heterocycles. The quantitative estimate of drug-likeness (QED) is 0.121. The fourth-order valence-corrected chi connectivity index (χ4v) is 3.77. The third-order valence-electron chi connectivity index (χ3n) is 5.41. The molecule has 37 heavy (non-hydrogen) atoms. The molecule has 3 heterocycles. The Bertz CT molecular complexity index is 1790. The number of phenolic OH excluding ortho intramolecular Hbond substituents is 2. The fourth-order valence-electron chi connectivity index (χ4n) is 3.77. The van der Waals surface area contributed by atoms with Gasteiger partial charge in [0.05, 0.1) is 27.8 Å². The van der Waals surface area contributed by atoms with Gasteiger partial charge in [0, 0.05) is 17.4 Å². The minimum absolute atomic E-state index is 0.0910. The number of benzene rings is 3. The van der Waals surface area contributed by atoms with Crippen LogP contribution in [0.4, 0.5) is 34.9 Å². The van der Waals surface area contributed by atoms with Crippen LogP contribution in [0.25, 0.3) is 22.1 Å². The number of aromatic hydroxyl groups is 2. The van der Waals surface area contributed by atoms with Gasteiger partial charge in [0.1, 0.15) is 11.5 Å². The molecular weight excluding hydrogens is 480 g/mol. The van der Waals surface area contributed by atoms with Gasteiger partial charge in [0.25, 0.3) is 0 Å². The molecule has 184 valence electrons. The van der Waals surface area contributed by atoms with Crippen molar-refractivity contribution >= 4 is 57.0 Å². The third-order valence-corrected chi connectivity index (χ3v) is 5.41. The predicted octanol–water partition coefficient (Wildman–Crippen LogP) is 2.85. The first-order valence-electron chi connectivity index (χ1n) is 10.9. The lowest BCUT2D eigenvalue weighted by atomic mass is 10.3. The van der Waals surface area contributed by atoms with Crippen molar-refractivity contribution in [2.45, 2.75) is 0 Å². The second-order valence-electron chi connectivity index (χ2n) is 8.06. The van der Waals surface area contributed by atoms with Crippen LogP contribution in [0, 0.1) is 0 Å². The maximum atomic E-state index is 11.6. The number of fused-ring (bicyclic) bond motifs is 2. The standard InChI is InChI=1S/C23H18N10O4/c34-12-3-6-15(18(35)9-12)26-21-32-19(24-10-1-4-13-16(7-10)29-22(36)27-13)31-20(33-21)25-11-2-5-14-17(8-11)30-23(37)28-14/h1-9,34-35H,(H2,27,29,36)(H2,28,30,37)(H3,24,25,26,31,32,33). The molecule has 6 rings (SSSR count). The Morgan fingerprint density at radius 3 is 1.57 bits per heavy atom. The highest BCUT2D eigenvalue weighted by atomic mass is 16.3. The Morgan fingerprint density at radius 1 is 0.568 bits per heavy atom. The number of anilines is 6. The normalized spacial score (nSPS) is 11.1. The Kier molecular flexibility index (Phi) is 4.96. The summed E-state index contributed by atoms with van der Waals surface area (Å²) in [4.78, 5) is 47.1. The van der Waals surface area contributed by atoms with Crippen molar-refractivity contribution < 1.29 is 10.2 Å². The van der Waals surface area contributed by atoms with Crippen LogP contribution in [0.15, 0.2) is 64.2 Å². The number of hydrogen-bond acceptors (Lipinski definition) is 10. The van der Waals surface area contributed by atoms with Crippen molar-refractivity contribution in [3.8, 4) is 11.5 Å². The molecule has 0 spiro atoms. The number of nitrogens with zero attached hydrogens (tertiary/aromatic N) is 3. The summed E-state index contributed by atoms with van der Waals surface area (Å²) < 4.78 is 0. The lowest BCUT2D eigenvalue weighted by Gasteiger charge is -2.12. The lowest BCUT2D eigenvalue weighted by molar-refractivity contribution is 0.452. The molecule has 0 amide bonds. The van der Waals surface area contributed by atoms with Crippen LogP contribution in [-0.4, -0.2) is 45.1 Å². The van der Waals surface area contributed by atoms with E-state index in [1.54, 1.807) is 36.4 Å². The first kappa shape index (κ1) is 21.7. The monoisotopic (exact) mass is 498 g/mol. The van der Waals surface area contributed by atoms with Gasteiger partial charge in [-0.05, 0) is 48.5 Å². The second-order valence-corrected chi connectivity index (χ2v) is 8.06. The molecule has 6 aromatic rings. The van der Waals surface area contributed by atoms with E-state index in [1.807, 2.05) is 0 Å². The fraction of sp³-hybridized carbons (Fsp3) is 0. The van der Waals surface area contributed by atoms with Crippen molar-refractivity contribution in [3.05, 3.63) is 75.6 Å². The van der Waals surface area contributed by atoms with Gasteiger partial charge in [0.2, 0.25) is 17.8 Å². The number of nitrogens with one attached hydrogen (secondary N) is 7. The first-order valence-corrected chi connectivity index (χ1v) is 10.9. The van der Waals surface area contributed by atoms with Crippen LogP contribution in [-0.2, 0) is 0 Å². The van der Waals surface area contributed by atoms with Crippen molar-refractivity contribution in [3.63, 3.8) is 0 Å². The highest BCUT2D eigenvalue weighted by molar-refractivity contribution is 5.81. The van der Waals surface area contributed by atoms with Crippen molar-refractivity contribution in [2.24, 2.45) is 0 Å². The number of rotatable bonds is 6. The number of hydrogen-bond donors (Lipinski definition) is 9. The van der Waals surface area contributed by atoms with E-state index in [2.05, 4.69) is 50.8 Å². The van der Waals surface area contributed by atoms with Crippen molar-refractivity contribution in [1.29, 1.82) is 0 Å². The van der Waals surface area contributed by atoms with Gasteiger partial charge in [0.15, 0.2) is 0 Å². The van der Waals surface area contributed by atoms with Gasteiger partial charge in [-0.2, -0.15) is 15.0 Å². The molecule has 14 heteroatoms. The molecule has 0 bridgehead atoms. The van der Waals surface area contributed by atoms with E-state index in [9.17, 15) is 19.8 Å². The Balaban J connectivity index is 1.36. The zero-order valence-corrected chi connectivity index (χ0v) is 18.7. The predicted molar refractivity (Wildman–Crippen MR) is 137 cm³/mol. The molecule has 3 aromatic carbocycles. The van der Waals surface area contributed by atoms with Crippen LogP contribution < -0.4 is 27.3 Å². The molecule has 0 aliphatic carbocycles. The van der Waals surface area contributed by atoms with Gasteiger partial charge < -0.3 is 46.1 Å². The maximum Gasteiger partial charge on any atom is 0.323 e. The molecule has 0 aliphatic rings. The number of imidazole rings is 2. The smallest absolute Gasteiger partial charge is 0.323 e. The van der Waals surface area contributed by atoms with Gasteiger partial charge >= 0.3 is 11.4 Å². The van der Waals surface area contributed by atoms with E-state index in [4.69, 9.17) is 0 Å². The van der Waals surface area contributed by atoms with Crippen LogP contribution in [0.5, 0.6) is 11.5 Å². The summed E-state index contributed by atoms with van der Waals surface area (Å²) in [6, 6.07) is 14.5. The molecule has 0 radical (unpaired) electrons. The van der Waals surface area contributed by atoms with Gasteiger partial charge in [-0.3, -0.25) is 0 Å². The average Bonchev–Trinajstić information content (AvgIpc) is 3.40. The molecule has 14 nitrogen and oxygen atoms in total. The number of aromatic nitrogens is 7. The van der Waals surface area contributed by atoms with E-state index in [-0.39, 0.29) is 46.4 Å². The number of phenols is 2. The van der Waals surface area contributed by atoms with E-state index in [1.165, 1.54) is 18.2 Å². The molecule has 9 N–H and O–H groups in total. The third kappa shape index (κ3) is 4.49. The van der Waals surface area contributed by atoms with Crippen LogP contribution >= 0.6 is 0 Å². The molecule has 0 saturated heterocycles. The molecule has 0 atom stereocenters. The summed E-state index contributed by atoms with van der Waals surface area (Å²) in [6.45, 7) is 0. The van der Waals surface area contributed by atoms with Crippen LogP contribution in [0.1, 0.15) is 0 Å². The Labute approximate surface area is 205 Å².